The molecule has 1 aromatic rings. The fourth-order valence-corrected chi connectivity index (χ4v) is 1.64. The lowest BCUT2D eigenvalue weighted by Crippen LogP contribution is -2.28. The minimum Gasteiger partial charge on any atom is -0.491 e. The summed E-state index contributed by atoms with van der Waals surface area (Å²) in [5, 5.41) is 7.46. The minimum atomic E-state index is 0.0449. The fourth-order valence-electron chi connectivity index (χ4n) is 1.64. The molecule has 0 aliphatic heterocycles. The van der Waals surface area contributed by atoms with E-state index in [1.807, 2.05) is 18.2 Å². The third-order valence-electron chi connectivity index (χ3n) is 2.74. The lowest BCUT2D eigenvalue weighted by molar-refractivity contribution is 0.222. The van der Waals surface area contributed by atoms with Crippen LogP contribution in [0.1, 0.15) is 19.4 Å². The third-order valence-corrected chi connectivity index (χ3v) is 2.74. The zero-order valence-electron chi connectivity index (χ0n) is 10.6. The van der Waals surface area contributed by atoms with Gasteiger partial charge in [0, 0.05) is 6.54 Å². The summed E-state index contributed by atoms with van der Waals surface area (Å²) in [5.41, 5.74) is 6.15. The SMILES string of the molecule is CCN(CC)CCOc1ccccc1C(=N)N. The van der Waals surface area contributed by atoms with Crippen LogP contribution in [0.5, 0.6) is 5.75 Å². The highest BCUT2D eigenvalue weighted by Crippen LogP contribution is 2.16. The van der Waals surface area contributed by atoms with Crippen molar-refractivity contribution in [3.8, 4) is 5.75 Å². The van der Waals surface area contributed by atoms with Crippen molar-refractivity contribution in [2.75, 3.05) is 26.2 Å². The standard InChI is InChI=1S/C13H21N3O/c1-3-16(4-2)9-10-17-12-8-6-5-7-11(12)13(14)15/h5-8H,3-4,9-10H2,1-2H3,(H3,14,15). The molecule has 0 radical (unpaired) electrons. The predicted octanol–water partition coefficient (Wildman–Crippen LogP) is 1.69. The van der Waals surface area contributed by atoms with Crippen LogP contribution in [0.4, 0.5) is 0 Å². The summed E-state index contributed by atoms with van der Waals surface area (Å²) in [6.07, 6.45) is 0. The van der Waals surface area contributed by atoms with Crippen molar-refractivity contribution in [2.45, 2.75) is 13.8 Å². The van der Waals surface area contributed by atoms with E-state index >= 15 is 0 Å². The van der Waals surface area contributed by atoms with Gasteiger partial charge in [0.15, 0.2) is 0 Å². The summed E-state index contributed by atoms with van der Waals surface area (Å²) >= 11 is 0. The Morgan fingerprint density at radius 2 is 1.94 bits per heavy atom. The van der Waals surface area contributed by atoms with Gasteiger partial charge in [0.1, 0.15) is 18.2 Å². The van der Waals surface area contributed by atoms with E-state index < -0.39 is 0 Å². The van der Waals surface area contributed by atoms with E-state index in [4.69, 9.17) is 15.9 Å². The summed E-state index contributed by atoms with van der Waals surface area (Å²) in [7, 11) is 0. The molecule has 1 aromatic carbocycles. The fraction of sp³-hybridized carbons (Fsp3) is 0.462. The number of nitrogen functional groups attached to an aromatic ring is 1. The second kappa shape index (κ2) is 6.91. The van der Waals surface area contributed by atoms with Gasteiger partial charge in [-0.1, -0.05) is 26.0 Å². The molecule has 17 heavy (non-hydrogen) atoms. The molecule has 0 aliphatic carbocycles. The Kier molecular flexibility index (Phi) is 5.49. The largest absolute Gasteiger partial charge is 0.491 e. The summed E-state index contributed by atoms with van der Waals surface area (Å²) in [5.74, 6) is 0.732. The van der Waals surface area contributed by atoms with Crippen LogP contribution in [-0.4, -0.2) is 37.0 Å². The number of likely N-dealkylation sites (N-methyl/N-ethyl adjacent to an activating group) is 1. The van der Waals surface area contributed by atoms with Crippen molar-refractivity contribution >= 4 is 5.84 Å². The lowest BCUT2D eigenvalue weighted by atomic mass is 10.2. The zero-order chi connectivity index (χ0) is 12.7. The second-order valence-electron chi connectivity index (χ2n) is 3.79. The van der Waals surface area contributed by atoms with Crippen molar-refractivity contribution in [1.82, 2.24) is 4.90 Å². The van der Waals surface area contributed by atoms with Gasteiger partial charge in [-0.25, -0.2) is 0 Å². The first-order chi connectivity index (χ1) is 8.19. The number of amidine groups is 1. The number of hydrogen-bond acceptors (Lipinski definition) is 3. The summed E-state index contributed by atoms with van der Waals surface area (Å²) < 4.78 is 5.67. The molecule has 0 saturated carbocycles. The van der Waals surface area contributed by atoms with Gasteiger partial charge < -0.3 is 15.4 Å². The molecule has 0 amide bonds. The Bertz CT molecular complexity index is 361. The number of ether oxygens (including phenoxy) is 1. The average molecular weight is 235 g/mol. The first-order valence-corrected chi connectivity index (χ1v) is 5.97. The Hall–Kier alpha value is -1.55. The first-order valence-electron chi connectivity index (χ1n) is 5.97. The monoisotopic (exact) mass is 235 g/mol. The van der Waals surface area contributed by atoms with Crippen molar-refractivity contribution in [1.29, 1.82) is 5.41 Å². The molecular weight excluding hydrogens is 214 g/mol. The van der Waals surface area contributed by atoms with Crippen LogP contribution < -0.4 is 10.5 Å². The molecular formula is C13H21N3O. The zero-order valence-corrected chi connectivity index (χ0v) is 10.6. The lowest BCUT2D eigenvalue weighted by Gasteiger charge is -2.18. The van der Waals surface area contributed by atoms with Gasteiger partial charge in [0.05, 0.1) is 5.56 Å². The number of para-hydroxylation sites is 1. The molecule has 0 saturated heterocycles. The number of nitrogens with zero attached hydrogens (tertiary/aromatic N) is 1. The molecule has 0 aromatic heterocycles. The Morgan fingerprint density at radius 1 is 1.29 bits per heavy atom. The number of benzene rings is 1. The van der Waals surface area contributed by atoms with E-state index in [1.54, 1.807) is 6.07 Å². The van der Waals surface area contributed by atoms with E-state index in [-0.39, 0.29) is 5.84 Å². The third kappa shape index (κ3) is 4.07. The molecule has 0 aliphatic rings. The van der Waals surface area contributed by atoms with Gasteiger partial charge in [-0.05, 0) is 25.2 Å². The topological polar surface area (TPSA) is 62.3 Å². The molecule has 0 fully saturated rings. The van der Waals surface area contributed by atoms with Gasteiger partial charge in [-0.3, -0.25) is 5.41 Å². The molecule has 94 valence electrons. The molecule has 0 unspecified atom stereocenters. The summed E-state index contributed by atoms with van der Waals surface area (Å²) in [4.78, 5) is 2.29. The maximum absolute atomic E-state index is 7.46. The van der Waals surface area contributed by atoms with E-state index in [0.29, 0.717) is 17.9 Å². The van der Waals surface area contributed by atoms with Crippen molar-refractivity contribution in [2.24, 2.45) is 5.73 Å². The number of rotatable bonds is 7. The molecule has 3 N–H and O–H groups in total. The molecule has 0 spiro atoms. The smallest absolute Gasteiger partial charge is 0.130 e. The number of nitrogens with two attached hydrogens (primary N) is 1. The van der Waals surface area contributed by atoms with E-state index in [1.165, 1.54) is 0 Å². The second-order valence-corrected chi connectivity index (χ2v) is 3.79. The molecule has 1 rings (SSSR count). The van der Waals surface area contributed by atoms with Crippen LogP contribution in [0.15, 0.2) is 24.3 Å². The maximum Gasteiger partial charge on any atom is 0.130 e. The van der Waals surface area contributed by atoms with Crippen LogP contribution in [0.3, 0.4) is 0 Å². The highest BCUT2D eigenvalue weighted by molar-refractivity contribution is 5.97. The van der Waals surface area contributed by atoms with Gasteiger partial charge in [0.2, 0.25) is 0 Å². The van der Waals surface area contributed by atoms with Crippen LogP contribution in [-0.2, 0) is 0 Å². The van der Waals surface area contributed by atoms with E-state index in [9.17, 15) is 0 Å². The summed E-state index contributed by atoms with van der Waals surface area (Å²) in [6.45, 7) is 7.81. The molecule has 0 atom stereocenters. The molecule has 4 heteroatoms. The van der Waals surface area contributed by atoms with E-state index in [0.717, 1.165) is 19.6 Å². The minimum absolute atomic E-state index is 0.0449. The Morgan fingerprint density at radius 3 is 2.53 bits per heavy atom. The van der Waals surface area contributed by atoms with Crippen LogP contribution in [0.2, 0.25) is 0 Å². The number of nitrogens with one attached hydrogen (secondary N) is 1. The van der Waals surface area contributed by atoms with Crippen LogP contribution >= 0.6 is 0 Å². The Labute approximate surface area is 103 Å². The molecule has 4 nitrogen and oxygen atoms in total. The normalized spacial score (nSPS) is 10.5. The van der Waals surface area contributed by atoms with Crippen LogP contribution in [0, 0.1) is 5.41 Å². The van der Waals surface area contributed by atoms with Gasteiger partial charge in [-0.15, -0.1) is 0 Å². The summed E-state index contributed by atoms with van der Waals surface area (Å²) in [6, 6.07) is 7.39. The van der Waals surface area contributed by atoms with Gasteiger partial charge >= 0.3 is 0 Å². The van der Waals surface area contributed by atoms with Gasteiger partial charge in [-0.2, -0.15) is 0 Å². The molecule has 0 heterocycles. The first kappa shape index (κ1) is 13.5. The average Bonchev–Trinajstić information content (AvgIpc) is 2.35. The highest BCUT2D eigenvalue weighted by Gasteiger charge is 2.06. The van der Waals surface area contributed by atoms with Crippen LogP contribution in [0.25, 0.3) is 0 Å². The maximum atomic E-state index is 7.46. The molecule has 0 bridgehead atoms. The highest BCUT2D eigenvalue weighted by atomic mass is 16.5. The number of hydrogen-bond donors (Lipinski definition) is 2. The van der Waals surface area contributed by atoms with Crippen molar-refractivity contribution < 1.29 is 4.74 Å². The van der Waals surface area contributed by atoms with E-state index in [2.05, 4.69) is 18.7 Å². The Balaban J connectivity index is 2.54. The van der Waals surface area contributed by atoms with Crippen molar-refractivity contribution in [3.05, 3.63) is 29.8 Å². The quantitative estimate of drug-likeness (QED) is 0.558. The van der Waals surface area contributed by atoms with Gasteiger partial charge in [0.25, 0.3) is 0 Å². The van der Waals surface area contributed by atoms with Crippen molar-refractivity contribution in [3.63, 3.8) is 0 Å². The predicted molar refractivity (Wildman–Crippen MR) is 70.7 cm³/mol.